The number of rotatable bonds is 2. The second-order valence-electron chi connectivity index (χ2n) is 4.50. The van der Waals surface area contributed by atoms with Crippen molar-refractivity contribution in [2.75, 3.05) is 17.2 Å². The topological polar surface area (TPSA) is 66.9 Å². The fourth-order valence-electron chi connectivity index (χ4n) is 2.20. The van der Waals surface area contributed by atoms with Gasteiger partial charge in [-0.1, -0.05) is 18.2 Å². The SMILES string of the molecule is O=C(Nc1ncccn1)C1CNc2ccccc2C1. The minimum atomic E-state index is -0.0984. The standard InChI is InChI=1S/C14H14N4O/c19-13(18-14-15-6-3-7-16-14)11-8-10-4-1-2-5-12(10)17-9-11/h1-7,11,17H,8-9H2,(H,15,16,18,19). The van der Waals surface area contributed by atoms with Crippen molar-refractivity contribution in [1.82, 2.24) is 9.97 Å². The average Bonchev–Trinajstić information content (AvgIpc) is 2.48. The Kier molecular flexibility index (Phi) is 3.10. The van der Waals surface area contributed by atoms with Gasteiger partial charge in [-0.25, -0.2) is 9.97 Å². The zero-order valence-corrected chi connectivity index (χ0v) is 10.3. The Labute approximate surface area is 111 Å². The fraction of sp³-hybridized carbons (Fsp3) is 0.214. The van der Waals surface area contributed by atoms with E-state index in [2.05, 4.69) is 20.6 Å². The molecule has 2 heterocycles. The monoisotopic (exact) mass is 254 g/mol. The molecule has 1 aliphatic rings. The van der Waals surface area contributed by atoms with Crippen LogP contribution >= 0.6 is 0 Å². The number of benzene rings is 1. The van der Waals surface area contributed by atoms with E-state index in [-0.39, 0.29) is 11.8 Å². The number of nitrogens with one attached hydrogen (secondary N) is 2. The Balaban J connectivity index is 1.70. The van der Waals surface area contributed by atoms with Gasteiger partial charge in [0.25, 0.3) is 0 Å². The molecule has 0 saturated heterocycles. The molecule has 1 amide bonds. The van der Waals surface area contributed by atoms with E-state index in [0.29, 0.717) is 12.5 Å². The zero-order valence-electron chi connectivity index (χ0n) is 10.3. The number of aromatic nitrogens is 2. The molecular formula is C14H14N4O. The highest BCUT2D eigenvalue weighted by atomic mass is 16.2. The smallest absolute Gasteiger partial charge is 0.231 e. The number of carbonyl (C=O) groups is 1. The van der Waals surface area contributed by atoms with Crippen LogP contribution in [0, 0.1) is 5.92 Å². The predicted molar refractivity (Wildman–Crippen MR) is 72.8 cm³/mol. The lowest BCUT2D eigenvalue weighted by atomic mass is 9.93. The normalized spacial score (nSPS) is 17.2. The summed E-state index contributed by atoms with van der Waals surface area (Å²) in [6.45, 7) is 0.635. The first-order valence-electron chi connectivity index (χ1n) is 6.22. The Morgan fingerprint density at radius 2 is 2.00 bits per heavy atom. The molecule has 1 atom stereocenters. The second kappa shape index (κ2) is 5.06. The molecule has 0 saturated carbocycles. The number of nitrogens with zero attached hydrogens (tertiary/aromatic N) is 2. The Morgan fingerprint density at radius 1 is 1.21 bits per heavy atom. The first kappa shape index (κ1) is 11.6. The maximum absolute atomic E-state index is 12.1. The number of hydrogen-bond donors (Lipinski definition) is 2. The van der Waals surface area contributed by atoms with E-state index in [1.165, 1.54) is 5.56 Å². The van der Waals surface area contributed by atoms with Crippen LogP contribution in [0.15, 0.2) is 42.7 Å². The predicted octanol–water partition coefficient (Wildman–Crippen LogP) is 1.70. The molecule has 3 rings (SSSR count). The van der Waals surface area contributed by atoms with Gasteiger partial charge in [-0.15, -0.1) is 0 Å². The molecule has 2 aromatic rings. The molecule has 1 unspecified atom stereocenters. The van der Waals surface area contributed by atoms with Crippen molar-refractivity contribution in [3.63, 3.8) is 0 Å². The molecule has 1 aromatic heterocycles. The quantitative estimate of drug-likeness (QED) is 0.856. The Hall–Kier alpha value is -2.43. The van der Waals surface area contributed by atoms with E-state index in [1.54, 1.807) is 18.5 Å². The summed E-state index contributed by atoms with van der Waals surface area (Å²) in [5.41, 5.74) is 2.28. The van der Waals surface area contributed by atoms with Gasteiger partial charge >= 0.3 is 0 Å². The minimum absolute atomic E-state index is 0.0480. The molecule has 5 nitrogen and oxygen atoms in total. The lowest BCUT2D eigenvalue weighted by molar-refractivity contribution is -0.119. The number of carbonyl (C=O) groups excluding carboxylic acids is 1. The van der Waals surface area contributed by atoms with E-state index >= 15 is 0 Å². The van der Waals surface area contributed by atoms with Crippen molar-refractivity contribution < 1.29 is 4.79 Å². The summed E-state index contributed by atoms with van der Waals surface area (Å²) in [5, 5.41) is 6.02. The molecule has 0 bridgehead atoms. The van der Waals surface area contributed by atoms with Gasteiger partial charge in [-0.05, 0) is 24.1 Å². The van der Waals surface area contributed by atoms with Crippen LogP contribution in [0.4, 0.5) is 11.6 Å². The van der Waals surface area contributed by atoms with Crippen LogP contribution in [0.5, 0.6) is 0 Å². The van der Waals surface area contributed by atoms with E-state index in [4.69, 9.17) is 0 Å². The minimum Gasteiger partial charge on any atom is -0.384 e. The van der Waals surface area contributed by atoms with Crippen molar-refractivity contribution >= 4 is 17.5 Å². The van der Waals surface area contributed by atoms with Crippen LogP contribution in [-0.2, 0) is 11.2 Å². The third kappa shape index (κ3) is 2.54. The lowest BCUT2D eigenvalue weighted by Crippen LogP contribution is -2.34. The summed E-state index contributed by atoms with van der Waals surface area (Å²) in [6.07, 6.45) is 3.95. The van der Waals surface area contributed by atoms with Crippen molar-refractivity contribution in [1.29, 1.82) is 0 Å². The van der Waals surface area contributed by atoms with Crippen molar-refractivity contribution in [2.45, 2.75) is 6.42 Å². The Morgan fingerprint density at radius 3 is 2.84 bits per heavy atom. The second-order valence-corrected chi connectivity index (χ2v) is 4.50. The summed E-state index contributed by atoms with van der Waals surface area (Å²) in [6, 6.07) is 9.77. The first-order chi connectivity index (χ1) is 9.33. The number of hydrogen-bond acceptors (Lipinski definition) is 4. The van der Waals surface area contributed by atoms with Crippen molar-refractivity contribution in [2.24, 2.45) is 5.92 Å². The van der Waals surface area contributed by atoms with Gasteiger partial charge in [0.2, 0.25) is 11.9 Å². The molecule has 0 radical (unpaired) electrons. The lowest BCUT2D eigenvalue weighted by Gasteiger charge is -2.24. The molecular weight excluding hydrogens is 240 g/mol. The highest BCUT2D eigenvalue weighted by molar-refractivity contribution is 5.92. The molecule has 0 aliphatic carbocycles. The largest absolute Gasteiger partial charge is 0.384 e. The van der Waals surface area contributed by atoms with Gasteiger partial charge in [0, 0.05) is 24.6 Å². The molecule has 2 N–H and O–H groups in total. The van der Waals surface area contributed by atoms with Crippen LogP contribution in [0.3, 0.4) is 0 Å². The van der Waals surface area contributed by atoms with Crippen LogP contribution in [0.1, 0.15) is 5.56 Å². The third-order valence-corrected chi connectivity index (χ3v) is 3.19. The molecule has 0 spiro atoms. The summed E-state index contributed by atoms with van der Waals surface area (Å²) in [4.78, 5) is 20.1. The number of para-hydroxylation sites is 1. The molecule has 0 fully saturated rings. The van der Waals surface area contributed by atoms with E-state index in [0.717, 1.165) is 12.1 Å². The molecule has 1 aromatic carbocycles. The summed E-state index contributed by atoms with van der Waals surface area (Å²) in [7, 11) is 0. The van der Waals surface area contributed by atoms with Crippen molar-refractivity contribution in [3.8, 4) is 0 Å². The summed E-state index contributed by atoms with van der Waals surface area (Å²) in [5.74, 6) is 0.207. The third-order valence-electron chi connectivity index (χ3n) is 3.19. The highest BCUT2D eigenvalue weighted by Crippen LogP contribution is 2.24. The van der Waals surface area contributed by atoms with E-state index in [1.807, 2.05) is 24.3 Å². The molecule has 5 heteroatoms. The maximum atomic E-state index is 12.1. The van der Waals surface area contributed by atoms with Crippen LogP contribution in [0.2, 0.25) is 0 Å². The van der Waals surface area contributed by atoms with E-state index < -0.39 is 0 Å². The van der Waals surface area contributed by atoms with Gasteiger partial charge in [-0.2, -0.15) is 0 Å². The van der Waals surface area contributed by atoms with Crippen LogP contribution in [-0.4, -0.2) is 22.4 Å². The number of amides is 1. The van der Waals surface area contributed by atoms with Gasteiger partial charge in [-0.3, -0.25) is 10.1 Å². The molecule has 96 valence electrons. The van der Waals surface area contributed by atoms with Gasteiger partial charge < -0.3 is 5.32 Å². The van der Waals surface area contributed by atoms with Crippen molar-refractivity contribution in [3.05, 3.63) is 48.3 Å². The summed E-state index contributed by atoms with van der Waals surface area (Å²) < 4.78 is 0. The summed E-state index contributed by atoms with van der Waals surface area (Å²) >= 11 is 0. The fourth-order valence-corrected chi connectivity index (χ4v) is 2.20. The number of anilines is 2. The molecule has 19 heavy (non-hydrogen) atoms. The highest BCUT2D eigenvalue weighted by Gasteiger charge is 2.24. The average molecular weight is 254 g/mol. The van der Waals surface area contributed by atoms with Gasteiger partial charge in [0.1, 0.15) is 0 Å². The molecule has 1 aliphatic heterocycles. The maximum Gasteiger partial charge on any atom is 0.231 e. The first-order valence-corrected chi connectivity index (χ1v) is 6.22. The van der Waals surface area contributed by atoms with Gasteiger partial charge in [0.15, 0.2) is 0 Å². The Bertz CT molecular complexity index is 585. The van der Waals surface area contributed by atoms with Crippen LogP contribution in [0.25, 0.3) is 0 Å². The number of fused-ring (bicyclic) bond motifs is 1. The van der Waals surface area contributed by atoms with E-state index in [9.17, 15) is 4.79 Å². The van der Waals surface area contributed by atoms with Gasteiger partial charge in [0.05, 0.1) is 5.92 Å². The zero-order chi connectivity index (χ0) is 13.1. The van der Waals surface area contributed by atoms with Crippen LogP contribution < -0.4 is 10.6 Å².